The first-order chi connectivity index (χ1) is 8.13. The van der Waals surface area contributed by atoms with Crippen LogP contribution in [0.3, 0.4) is 0 Å². The van der Waals surface area contributed by atoms with Crippen molar-refractivity contribution < 1.29 is 13.9 Å². The Labute approximate surface area is 103 Å². The standard InChI is InChI=1S/C13H23NO3/c1-10(2)14-7-13-12(5-6-16-13)9-17-11(3)8-15-4/h5-6,10-11,14H,7-9H2,1-4H3. The van der Waals surface area contributed by atoms with Crippen LogP contribution in [0.2, 0.25) is 0 Å². The highest BCUT2D eigenvalue weighted by Crippen LogP contribution is 2.13. The van der Waals surface area contributed by atoms with Gasteiger partial charge in [0.2, 0.25) is 0 Å². The quantitative estimate of drug-likeness (QED) is 0.758. The van der Waals surface area contributed by atoms with Crippen molar-refractivity contribution in [2.75, 3.05) is 13.7 Å². The molecule has 17 heavy (non-hydrogen) atoms. The van der Waals surface area contributed by atoms with E-state index in [4.69, 9.17) is 13.9 Å². The summed E-state index contributed by atoms with van der Waals surface area (Å²) in [4.78, 5) is 0. The summed E-state index contributed by atoms with van der Waals surface area (Å²) in [6.07, 6.45) is 1.80. The molecule has 1 heterocycles. The van der Waals surface area contributed by atoms with Crippen LogP contribution < -0.4 is 5.32 Å². The molecule has 1 aromatic heterocycles. The van der Waals surface area contributed by atoms with E-state index in [2.05, 4.69) is 19.2 Å². The van der Waals surface area contributed by atoms with Crippen molar-refractivity contribution in [3.05, 3.63) is 23.7 Å². The monoisotopic (exact) mass is 241 g/mol. The third kappa shape index (κ3) is 5.35. The molecule has 1 unspecified atom stereocenters. The first-order valence-corrected chi connectivity index (χ1v) is 6.02. The van der Waals surface area contributed by atoms with Crippen LogP contribution in [0.15, 0.2) is 16.7 Å². The van der Waals surface area contributed by atoms with Crippen LogP contribution in [-0.2, 0) is 22.6 Å². The van der Waals surface area contributed by atoms with Crippen molar-refractivity contribution in [2.24, 2.45) is 0 Å². The molecule has 1 rings (SSSR count). The molecule has 0 bridgehead atoms. The lowest BCUT2D eigenvalue weighted by Gasteiger charge is -2.12. The molecule has 0 fully saturated rings. The SMILES string of the molecule is COCC(C)OCc1ccoc1CNC(C)C. The molecule has 0 aliphatic heterocycles. The van der Waals surface area contributed by atoms with E-state index in [1.165, 1.54) is 0 Å². The number of hydrogen-bond acceptors (Lipinski definition) is 4. The zero-order chi connectivity index (χ0) is 12.7. The minimum atomic E-state index is 0.0980. The average molecular weight is 241 g/mol. The Kier molecular flexibility index (Phi) is 6.26. The van der Waals surface area contributed by atoms with Gasteiger partial charge in [-0.2, -0.15) is 0 Å². The molecule has 1 atom stereocenters. The molecule has 4 heteroatoms. The predicted molar refractivity (Wildman–Crippen MR) is 66.8 cm³/mol. The van der Waals surface area contributed by atoms with Gasteiger partial charge in [0.05, 0.1) is 32.1 Å². The molecule has 1 aromatic rings. The van der Waals surface area contributed by atoms with E-state index in [0.717, 1.165) is 17.9 Å². The molecule has 98 valence electrons. The Morgan fingerprint density at radius 1 is 1.35 bits per heavy atom. The molecule has 0 aliphatic carbocycles. The van der Waals surface area contributed by atoms with Gasteiger partial charge in [-0.15, -0.1) is 0 Å². The second-order valence-corrected chi connectivity index (χ2v) is 4.48. The van der Waals surface area contributed by atoms with Crippen molar-refractivity contribution in [1.82, 2.24) is 5.32 Å². The lowest BCUT2D eigenvalue weighted by molar-refractivity contribution is -0.000646. The summed E-state index contributed by atoms with van der Waals surface area (Å²) in [7, 11) is 1.68. The van der Waals surface area contributed by atoms with Gasteiger partial charge in [0.1, 0.15) is 5.76 Å². The predicted octanol–water partition coefficient (Wildman–Crippen LogP) is 2.33. The van der Waals surface area contributed by atoms with Gasteiger partial charge in [0, 0.05) is 18.7 Å². The number of ether oxygens (including phenoxy) is 2. The number of methoxy groups -OCH3 is 1. The number of hydrogen-bond donors (Lipinski definition) is 1. The lowest BCUT2D eigenvalue weighted by Crippen LogP contribution is -2.22. The Hall–Kier alpha value is -0.840. The molecule has 1 N–H and O–H groups in total. The van der Waals surface area contributed by atoms with Crippen LogP contribution in [-0.4, -0.2) is 25.9 Å². The third-order valence-electron chi connectivity index (χ3n) is 2.43. The summed E-state index contributed by atoms with van der Waals surface area (Å²) in [5.41, 5.74) is 1.10. The smallest absolute Gasteiger partial charge is 0.123 e. The molecule has 4 nitrogen and oxygen atoms in total. The summed E-state index contributed by atoms with van der Waals surface area (Å²) in [5, 5.41) is 3.33. The topological polar surface area (TPSA) is 43.6 Å². The summed E-state index contributed by atoms with van der Waals surface area (Å²) in [6.45, 7) is 8.13. The largest absolute Gasteiger partial charge is 0.468 e. The second-order valence-electron chi connectivity index (χ2n) is 4.48. The van der Waals surface area contributed by atoms with E-state index in [0.29, 0.717) is 19.3 Å². The summed E-state index contributed by atoms with van der Waals surface area (Å²) < 4.78 is 16.1. The number of rotatable bonds is 8. The third-order valence-corrected chi connectivity index (χ3v) is 2.43. The molecule has 0 saturated heterocycles. The van der Waals surface area contributed by atoms with E-state index in [1.807, 2.05) is 13.0 Å². The van der Waals surface area contributed by atoms with Crippen LogP contribution in [0, 0.1) is 0 Å². The van der Waals surface area contributed by atoms with Gasteiger partial charge < -0.3 is 19.2 Å². The molecule has 0 radical (unpaired) electrons. The molecule has 0 saturated carbocycles. The fourth-order valence-electron chi connectivity index (χ4n) is 1.46. The van der Waals surface area contributed by atoms with Gasteiger partial charge in [-0.3, -0.25) is 0 Å². The minimum Gasteiger partial charge on any atom is -0.468 e. The average Bonchev–Trinajstić information content (AvgIpc) is 2.71. The van der Waals surface area contributed by atoms with Crippen molar-refractivity contribution in [3.63, 3.8) is 0 Å². The van der Waals surface area contributed by atoms with E-state index in [9.17, 15) is 0 Å². The Balaban J connectivity index is 2.40. The molecule has 0 aromatic carbocycles. The summed E-state index contributed by atoms with van der Waals surface area (Å²) >= 11 is 0. The summed E-state index contributed by atoms with van der Waals surface area (Å²) in [5.74, 6) is 0.948. The first kappa shape index (κ1) is 14.2. The van der Waals surface area contributed by atoms with Crippen molar-refractivity contribution in [2.45, 2.75) is 46.1 Å². The van der Waals surface area contributed by atoms with Crippen molar-refractivity contribution in [1.29, 1.82) is 0 Å². The maximum absolute atomic E-state index is 5.66. The molecular formula is C13H23NO3. The van der Waals surface area contributed by atoms with Crippen LogP contribution in [0.4, 0.5) is 0 Å². The van der Waals surface area contributed by atoms with E-state index in [1.54, 1.807) is 13.4 Å². The Morgan fingerprint density at radius 3 is 2.76 bits per heavy atom. The first-order valence-electron chi connectivity index (χ1n) is 6.02. The van der Waals surface area contributed by atoms with Crippen LogP contribution in [0.5, 0.6) is 0 Å². The van der Waals surface area contributed by atoms with Crippen molar-refractivity contribution >= 4 is 0 Å². The highest BCUT2D eigenvalue weighted by molar-refractivity contribution is 5.15. The highest BCUT2D eigenvalue weighted by Gasteiger charge is 2.09. The number of furan rings is 1. The van der Waals surface area contributed by atoms with Gasteiger partial charge in [-0.05, 0) is 13.0 Å². The highest BCUT2D eigenvalue weighted by atomic mass is 16.5. The fraction of sp³-hybridized carbons (Fsp3) is 0.692. The summed E-state index contributed by atoms with van der Waals surface area (Å²) in [6, 6.07) is 2.40. The van der Waals surface area contributed by atoms with Gasteiger partial charge in [0.25, 0.3) is 0 Å². The number of nitrogens with one attached hydrogen (secondary N) is 1. The Bertz CT molecular complexity index is 309. The van der Waals surface area contributed by atoms with Gasteiger partial charge in [-0.25, -0.2) is 0 Å². The van der Waals surface area contributed by atoms with Gasteiger partial charge >= 0.3 is 0 Å². The molecule has 0 amide bonds. The minimum absolute atomic E-state index is 0.0980. The van der Waals surface area contributed by atoms with E-state index >= 15 is 0 Å². The lowest BCUT2D eigenvalue weighted by atomic mass is 10.2. The fourth-order valence-corrected chi connectivity index (χ4v) is 1.46. The van der Waals surface area contributed by atoms with E-state index < -0.39 is 0 Å². The zero-order valence-electron chi connectivity index (χ0n) is 11.2. The van der Waals surface area contributed by atoms with Gasteiger partial charge in [0.15, 0.2) is 0 Å². The molecule has 0 spiro atoms. The zero-order valence-corrected chi connectivity index (χ0v) is 11.2. The second kappa shape index (κ2) is 7.48. The van der Waals surface area contributed by atoms with Crippen LogP contribution in [0.25, 0.3) is 0 Å². The van der Waals surface area contributed by atoms with E-state index in [-0.39, 0.29) is 6.10 Å². The molecular weight excluding hydrogens is 218 g/mol. The Morgan fingerprint density at radius 2 is 2.12 bits per heavy atom. The van der Waals surface area contributed by atoms with Crippen LogP contribution >= 0.6 is 0 Å². The van der Waals surface area contributed by atoms with Gasteiger partial charge in [-0.1, -0.05) is 13.8 Å². The maximum atomic E-state index is 5.66. The molecule has 0 aliphatic rings. The van der Waals surface area contributed by atoms with Crippen molar-refractivity contribution in [3.8, 4) is 0 Å². The normalized spacial score (nSPS) is 13.2. The van der Waals surface area contributed by atoms with Crippen LogP contribution in [0.1, 0.15) is 32.1 Å². The maximum Gasteiger partial charge on any atom is 0.123 e.